The molecular formula is C12H20N2S. The van der Waals surface area contributed by atoms with Crippen molar-refractivity contribution in [1.29, 1.82) is 0 Å². The monoisotopic (exact) mass is 224 g/mol. The predicted molar refractivity (Wildman–Crippen MR) is 67.3 cm³/mol. The Labute approximate surface area is 96.4 Å². The van der Waals surface area contributed by atoms with Crippen molar-refractivity contribution in [2.75, 3.05) is 19.1 Å². The highest BCUT2D eigenvalue weighted by Gasteiger charge is 2.31. The minimum atomic E-state index is 0.584. The molecule has 3 heteroatoms. The van der Waals surface area contributed by atoms with Crippen molar-refractivity contribution in [3.63, 3.8) is 0 Å². The quantitative estimate of drug-likeness (QED) is 0.799. The number of rotatable bonds is 6. The van der Waals surface area contributed by atoms with Gasteiger partial charge in [0, 0.05) is 30.7 Å². The molecule has 0 saturated heterocycles. The van der Waals surface area contributed by atoms with Crippen LogP contribution in [0, 0.1) is 5.92 Å². The van der Waals surface area contributed by atoms with E-state index < -0.39 is 0 Å². The van der Waals surface area contributed by atoms with Crippen LogP contribution in [0.3, 0.4) is 0 Å². The second-order valence-electron chi connectivity index (χ2n) is 4.28. The molecule has 15 heavy (non-hydrogen) atoms. The van der Waals surface area contributed by atoms with Crippen LogP contribution in [0.15, 0.2) is 18.5 Å². The van der Waals surface area contributed by atoms with Crippen molar-refractivity contribution in [3.05, 3.63) is 24.0 Å². The Hall–Kier alpha value is -0.410. The van der Waals surface area contributed by atoms with E-state index in [4.69, 9.17) is 0 Å². The summed E-state index contributed by atoms with van der Waals surface area (Å²) in [6.07, 6.45) is 9.45. The lowest BCUT2D eigenvalue weighted by molar-refractivity contribution is 0.528. The van der Waals surface area contributed by atoms with E-state index >= 15 is 0 Å². The zero-order valence-electron chi connectivity index (χ0n) is 9.57. The molecule has 1 aromatic heterocycles. The molecule has 1 aliphatic carbocycles. The van der Waals surface area contributed by atoms with Gasteiger partial charge in [-0.3, -0.25) is 0 Å². The first-order chi connectivity index (χ1) is 7.35. The van der Waals surface area contributed by atoms with E-state index in [-0.39, 0.29) is 0 Å². The molecule has 1 fully saturated rings. The number of nitrogens with zero attached hydrogens (tertiary/aromatic N) is 1. The summed E-state index contributed by atoms with van der Waals surface area (Å²) < 4.78 is 2.30. The van der Waals surface area contributed by atoms with Crippen molar-refractivity contribution in [1.82, 2.24) is 9.88 Å². The van der Waals surface area contributed by atoms with Crippen LogP contribution in [0.4, 0.5) is 0 Å². The van der Waals surface area contributed by atoms with Gasteiger partial charge in [0.15, 0.2) is 0 Å². The summed E-state index contributed by atoms with van der Waals surface area (Å²) in [6, 6.07) is 2.85. The molecule has 2 rings (SSSR count). The maximum atomic E-state index is 3.43. The predicted octanol–water partition coefficient (Wildman–Crippen LogP) is 2.52. The van der Waals surface area contributed by atoms with E-state index in [1.54, 1.807) is 0 Å². The van der Waals surface area contributed by atoms with Crippen molar-refractivity contribution in [2.45, 2.75) is 25.4 Å². The number of thioether (sulfide) groups is 1. The van der Waals surface area contributed by atoms with E-state index in [2.05, 4.69) is 41.6 Å². The van der Waals surface area contributed by atoms with Gasteiger partial charge in [0.25, 0.3) is 0 Å². The normalized spacial score (nSPS) is 18.0. The van der Waals surface area contributed by atoms with Crippen LogP contribution in [0.2, 0.25) is 0 Å². The molecule has 1 heterocycles. The summed E-state index contributed by atoms with van der Waals surface area (Å²) >= 11 is 1.90. The standard InChI is InChI=1S/C12H20N2S/c1-13-12(10-3-4-10)11-5-6-14(9-11)7-8-15-2/h5-6,9-10,12-13H,3-4,7-8H2,1-2H3. The molecule has 0 radical (unpaired) electrons. The molecule has 1 unspecified atom stereocenters. The lowest BCUT2D eigenvalue weighted by Crippen LogP contribution is -2.17. The zero-order chi connectivity index (χ0) is 10.7. The SMILES string of the molecule is CNC(c1ccn(CCSC)c1)C1CC1. The van der Waals surface area contributed by atoms with Crippen LogP contribution in [0.1, 0.15) is 24.4 Å². The van der Waals surface area contributed by atoms with Gasteiger partial charge in [0.1, 0.15) is 0 Å². The molecule has 1 aromatic rings. The molecule has 1 saturated carbocycles. The Morgan fingerprint density at radius 2 is 2.40 bits per heavy atom. The summed E-state index contributed by atoms with van der Waals surface area (Å²) in [4.78, 5) is 0. The third-order valence-corrected chi connectivity index (χ3v) is 3.68. The third kappa shape index (κ3) is 2.79. The minimum absolute atomic E-state index is 0.584. The average Bonchev–Trinajstić information content (AvgIpc) is 2.96. The van der Waals surface area contributed by atoms with Crippen LogP contribution in [-0.2, 0) is 6.54 Å². The van der Waals surface area contributed by atoms with Gasteiger partial charge >= 0.3 is 0 Å². The van der Waals surface area contributed by atoms with Gasteiger partial charge in [-0.05, 0) is 43.7 Å². The summed E-state index contributed by atoms with van der Waals surface area (Å²) in [7, 11) is 2.07. The van der Waals surface area contributed by atoms with Crippen molar-refractivity contribution in [3.8, 4) is 0 Å². The number of aromatic nitrogens is 1. The first-order valence-corrected chi connectivity index (χ1v) is 7.06. The van der Waals surface area contributed by atoms with E-state index in [0.717, 1.165) is 12.5 Å². The highest BCUT2D eigenvalue weighted by atomic mass is 32.2. The number of hydrogen-bond donors (Lipinski definition) is 1. The van der Waals surface area contributed by atoms with Gasteiger partial charge in [0.05, 0.1) is 0 Å². The fourth-order valence-electron chi connectivity index (χ4n) is 2.08. The van der Waals surface area contributed by atoms with Crippen LogP contribution in [0.5, 0.6) is 0 Å². The summed E-state index contributed by atoms with van der Waals surface area (Å²) in [6.45, 7) is 1.13. The van der Waals surface area contributed by atoms with Crippen molar-refractivity contribution >= 4 is 11.8 Å². The molecule has 0 spiro atoms. The maximum absolute atomic E-state index is 3.43. The highest BCUT2D eigenvalue weighted by molar-refractivity contribution is 7.98. The van der Waals surface area contributed by atoms with E-state index in [1.165, 1.54) is 24.2 Å². The van der Waals surface area contributed by atoms with Gasteiger partial charge in [-0.1, -0.05) is 0 Å². The molecule has 1 atom stereocenters. The minimum Gasteiger partial charge on any atom is -0.353 e. The molecule has 2 nitrogen and oxygen atoms in total. The second-order valence-corrected chi connectivity index (χ2v) is 5.26. The zero-order valence-corrected chi connectivity index (χ0v) is 10.4. The van der Waals surface area contributed by atoms with E-state index in [1.807, 2.05) is 11.8 Å². The van der Waals surface area contributed by atoms with Crippen LogP contribution >= 0.6 is 11.8 Å². The van der Waals surface area contributed by atoms with E-state index in [0.29, 0.717) is 6.04 Å². The van der Waals surface area contributed by atoms with Crippen LogP contribution < -0.4 is 5.32 Å². The lowest BCUT2D eigenvalue weighted by Gasteiger charge is -2.13. The molecule has 0 aromatic carbocycles. The van der Waals surface area contributed by atoms with Gasteiger partial charge in [-0.2, -0.15) is 11.8 Å². The molecule has 0 bridgehead atoms. The topological polar surface area (TPSA) is 17.0 Å². The number of aryl methyl sites for hydroxylation is 1. The van der Waals surface area contributed by atoms with Gasteiger partial charge in [-0.25, -0.2) is 0 Å². The smallest absolute Gasteiger partial charge is 0.0361 e. The van der Waals surface area contributed by atoms with E-state index in [9.17, 15) is 0 Å². The van der Waals surface area contributed by atoms with Crippen molar-refractivity contribution < 1.29 is 0 Å². The van der Waals surface area contributed by atoms with Gasteiger partial charge in [0.2, 0.25) is 0 Å². The Bertz CT molecular complexity index is 304. The summed E-state index contributed by atoms with van der Waals surface area (Å²) in [5.41, 5.74) is 1.46. The molecule has 0 amide bonds. The summed E-state index contributed by atoms with van der Waals surface area (Å²) in [5, 5.41) is 3.43. The number of nitrogens with one attached hydrogen (secondary N) is 1. The maximum Gasteiger partial charge on any atom is 0.0361 e. The fraction of sp³-hybridized carbons (Fsp3) is 0.667. The van der Waals surface area contributed by atoms with Gasteiger partial charge < -0.3 is 9.88 Å². The van der Waals surface area contributed by atoms with Crippen LogP contribution in [-0.4, -0.2) is 23.6 Å². The largest absolute Gasteiger partial charge is 0.353 e. The third-order valence-electron chi connectivity index (χ3n) is 3.09. The Balaban J connectivity index is 1.98. The second kappa shape index (κ2) is 5.08. The fourth-order valence-corrected chi connectivity index (χ4v) is 2.48. The number of hydrogen-bond acceptors (Lipinski definition) is 2. The lowest BCUT2D eigenvalue weighted by atomic mass is 10.1. The average molecular weight is 224 g/mol. The highest BCUT2D eigenvalue weighted by Crippen LogP contribution is 2.40. The molecule has 0 aliphatic heterocycles. The summed E-state index contributed by atoms with van der Waals surface area (Å²) in [5.74, 6) is 2.08. The Morgan fingerprint density at radius 3 is 3.00 bits per heavy atom. The Kier molecular flexibility index (Phi) is 3.76. The Morgan fingerprint density at radius 1 is 1.60 bits per heavy atom. The van der Waals surface area contributed by atoms with Gasteiger partial charge in [-0.15, -0.1) is 0 Å². The van der Waals surface area contributed by atoms with Crippen LogP contribution in [0.25, 0.3) is 0 Å². The molecular weight excluding hydrogens is 204 g/mol. The molecule has 1 aliphatic rings. The first kappa shape index (κ1) is 11.1. The first-order valence-electron chi connectivity index (χ1n) is 5.67. The molecule has 1 N–H and O–H groups in total. The molecule has 84 valence electrons. The van der Waals surface area contributed by atoms with Crippen molar-refractivity contribution in [2.24, 2.45) is 5.92 Å².